The summed E-state index contributed by atoms with van der Waals surface area (Å²) < 4.78 is 0. The Hall–Kier alpha value is -1.42. The van der Waals surface area contributed by atoms with Gasteiger partial charge >= 0.3 is 0 Å². The van der Waals surface area contributed by atoms with E-state index in [1.807, 2.05) is 0 Å². The molecule has 0 aromatic heterocycles. The molecule has 15 heavy (non-hydrogen) atoms. The highest BCUT2D eigenvalue weighted by Gasteiger charge is 2.18. The first-order valence-electron chi connectivity index (χ1n) is 4.38. The highest BCUT2D eigenvalue weighted by atomic mass is 35.5. The van der Waals surface area contributed by atoms with Crippen LogP contribution in [0, 0.1) is 10.1 Å². The zero-order valence-corrected chi connectivity index (χ0v) is 8.90. The van der Waals surface area contributed by atoms with Gasteiger partial charge in [0.25, 0.3) is 5.69 Å². The van der Waals surface area contributed by atoms with Gasteiger partial charge in [-0.25, -0.2) is 0 Å². The maximum Gasteiger partial charge on any atom is 0.273 e. The predicted molar refractivity (Wildman–Crippen MR) is 57.1 cm³/mol. The second-order valence-electron chi connectivity index (χ2n) is 3.21. The van der Waals surface area contributed by atoms with Crippen LogP contribution in [0.25, 0.3) is 0 Å². The number of hydrogen-bond acceptors (Lipinski definition) is 3. The van der Waals surface area contributed by atoms with Gasteiger partial charge < -0.3 is 4.79 Å². The lowest BCUT2D eigenvalue weighted by Crippen LogP contribution is -2.01. The fourth-order valence-electron chi connectivity index (χ4n) is 1.29. The quantitative estimate of drug-likeness (QED) is 0.344. The number of nitrogens with zero attached hydrogens (tertiary/aromatic N) is 1. The molecule has 80 valence electrons. The third-order valence-corrected chi connectivity index (χ3v) is 2.45. The number of nitro groups is 1. The Morgan fingerprint density at radius 1 is 1.60 bits per heavy atom. The monoisotopic (exact) mass is 227 g/mol. The Balaban J connectivity index is 3.28. The maximum atomic E-state index is 10.7. The molecule has 0 aliphatic rings. The van der Waals surface area contributed by atoms with E-state index in [1.54, 1.807) is 19.1 Å². The van der Waals surface area contributed by atoms with Gasteiger partial charge in [-0.05, 0) is 11.6 Å². The molecular weight excluding hydrogens is 218 g/mol. The lowest BCUT2D eigenvalue weighted by Gasteiger charge is -2.06. The van der Waals surface area contributed by atoms with Gasteiger partial charge in [0.05, 0.1) is 4.92 Å². The summed E-state index contributed by atoms with van der Waals surface area (Å²) in [6, 6.07) is 4.57. The molecule has 4 nitrogen and oxygen atoms in total. The SMILES string of the molecule is CC(C=O)c1cc(CCl)ccc1[N+](=O)[O-]. The van der Waals surface area contributed by atoms with Crippen LogP contribution in [-0.2, 0) is 10.7 Å². The van der Waals surface area contributed by atoms with Crippen molar-refractivity contribution in [3.8, 4) is 0 Å². The van der Waals surface area contributed by atoms with Gasteiger partial charge in [-0.1, -0.05) is 13.0 Å². The van der Waals surface area contributed by atoms with Crippen molar-refractivity contribution >= 4 is 23.6 Å². The van der Waals surface area contributed by atoms with Crippen molar-refractivity contribution in [1.29, 1.82) is 0 Å². The number of nitro benzene ring substituents is 1. The summed E-state index contributed by atoms with van der Waals surface area (Å²) in [7, 11) is 0. The van der Waals surface area contributed by atoms with Crippen LogP contribution in [0.5, 0.6) is 0 Å². The van der Waals surface area contributed by atoms with Gasteiger partial charge in [0, 0.05) is 23.4 Å². The number of hydrogen-bond donors (Lipinski definition) is 0. The lowest BCUT2D eigenvalue weighted by atomic mass is 9.99. The first kappa shape index (κ1) is 11.7. The fraction of sp³-hybridized carbons (Fsp3) is 0.300. The minimum atomic E-state index is -0.493. The highest BCUT2D eigenvalue weighted by Crippen LogP contribution is 2.26. The molecule has 0 aliphatic carbocycles. The van der Waals surface area contributed by atoms with Crippen molar-refractivity contribution in [3.63, 3.8) is 0 Å². The normalized spacial score (nSPS) is 12.1. The Morgan fingerprint density at radius 2 is 2.27 bits per heavy atom. The third-order valence-electron chi connectivity index (χ3n) is 2.14. The average Bonchev–Trinajstić information content (AvgIpc) is 2.26. The van der Waals surface area contributed by atoms with Crippen molar-refractivity contribution in [2.24, 2.45) is 0 Å². The molecule has 1 aromatic rings. The molecule has 5 heteroatoms. The summed E-state index contributed by atoms with van der Waals surface area (Å²) in [6.07, 6.45) is 0.681. The van der Waals surface area contributed by atoms with E-state index in [1.165, 1.54) is 6.07 Å². The van der Waals surface area contributed by atoms with Crippen LogP contribution in [-0.4, -0.2) is 11.2 Å². The minimum Gasteiger partial charge on any atom is -0.303 e. The van der Waals surface area contributed by atoms with E-state index in [4.69, 9.17) is 11.6 Å². The van der Waals surface area contributed by atoms with Gasteiger partial charge in [0.1, 0.15) is 6.29 Å². The number of halogens is 1. The first-order chi connectivity index (χ1) is 7.10. The van der Waals surface area contributed by atoms with Gasteiger partial charge in [-0.15, -0.1) is 11.6 Å². The van der Waals surface area contributed by atoms with E-state index < -0.39 is 10.8 Å². The molecule has 1 rings (SSSR count). The van der Waals surface area contributed by atoms with Crippen LogP contribution in [0.15, 0.2) is 18.2 Å². The molecule has 1 atom stereocenters. The summed E-state index contributed by atoms with van der Waals surface area (Å²) in [4.78, 5) is 20.8. The summed E-state index contributed by atoms with van der Waals surface area (Å²) in [5, 5.41) is 10.7. The van der Waals surface area contributed by atoms with E-state index in [0.717, 1.165) is 5.56 Å². The van der Waals surface area contributed by atoms with Crippen molar-refractivity contribution in [2.75, 3.05) is 0 Å². The maximum absolute atomic E-state index is 10.7. The molecule has 0 saturated carbocycles. The molecule has 0 bridgehead atoms. The van der Waals surface area contributed by atoms with Gasteiger partial charge in [-0.3, -0.25) is 10.1 Å². The average molecular weight is 228 g/mol. The van der Waals surface area contributed by atoms with Gasteiger partial charge in [-0.2, -0.15) is 0 Å². The van der Waals surface area contributed by atoms with Crippen LogP contribution in [0.3, 0.4) is 0 Å². The van der Waals surface area contributed by atoms with E-state index in [0.29, 0.717) is 11.8 Å². The molecule has 0 radical (unpaired) electrons. The number of carbonyl (C=O) groups is 1. The lowest BCUT2D eigenvalue weighted by molar-refractivity contribution is -0.385. The smallest absolute Gasteiger partial charge is 0.273 e. The van der Waals surface area contributed by atoms with Crippen molar-refractivity contribution in [3.05, 3.63) is 39.4 Å². The van der Waals surface area contributed by atoms with Crippen LogP contribution in [0.1, 0.15) is 24.0 Å². The second kappa shape index (κ2) is 4.89. The predicted octanol–water partition coefficient (Wildman–Crippen LogP) is 2.64. The van der Waals surface area contributed by atoms with Crippen LogP contribution < -0.4 is 0 Å². The topological polar surface area (TPSA) is 60.2 Å². The third kappa shape index (κ3) is 2.53. The highest BCUT2D eigenvalue weighted by molar-refractivity contribution is 6.17. The number of alkyl halides is 1. The zero-order chi connectivity index (χ0) is 11.4. The van der Waals surface area contributed by atoms with E-state index in [-0.39, 0.29) is 11.6 Å². The Kier molecular flexibility index (Phi) is 3.80. The summed E-state index contributed by atoms with van der Waals surface area (Å²) >= 11 is 5.62. The molecular formula is C10H10ClNO3. The van der Waals surface area contributed by atoms with Crippen molar-refractivity contribution in [2.45, 2.75) is 18.7 Å². The number of aldehydes is 1. The van der Waals surface area contributed by atoms with E-state index in [2.05, 4.69) is 0 Å². The number of benzene rings is 1. The van der Waals surface area contributed by atoms with Crippen molar-refractivity contribution in [1.82, 2.24) is 0 Å². The molecule has 0 amide bonds. The molecule has 0 N–H and O–H groups in total. The van der Waals surface area contributed by atoms with E-state index in [9.17, 15) is 14.9 Å². The molecule has 1 unspecified atom stereocenters. The molecule has 0 fully saturated rings. The van der Waals surface area contributed by atoms with Crippen molar-refractivity contribution < 1.29 is 9.72 Å². The van der Waals surface area contributed by atoms with Crippen LogP contribution in [0.2, 0.25) is 0 Å². The van der Waals surface area contributed by atoms with E-state index >= 15 is 0 Å². The molecule has 0 saturated heterocycles. The fourth-order valence-corrected chi connectivity index (χ4v) is 1.46. The molecule has 0 spiro atoms. The number of carbonyl (C=O) groups excluding carboxylic acids is 1. The van der Waals surface area contributed by atoms with Gasteiger partial charge in [0.2, 0.25) is 0 Å². The summed E-state index contributed by atoms with van der Waals surface area (Å²) in [5.74, 6) is -0.218. The summed E-state index contributed by atoms with van der Waals surface area (Å²) in [5.41, 5.74) is 1.14. The zero-order valence-electron chi connectivity index (χ0n) is 8.14. The molecule has 0 aliphatic heterocycles. The Bertz CT molecular complexity index is 392. The van der Waals surface area contributed by atoms with Crippen LogP contribution >= 0.6 is 11.6 Å². The Labute approximate surface area is 92.0 Å². The largest absolute Gasteiger partial charge is 0.303 e. The first-order valence-corrected chi connectivity index (χ1v) is 4.92. The minimum absolute atomic E-state index is 0.0385. The Morgan fingerprint density at radius 3 is 2.73 bits per heavy atom. The molecule has 1 aromatic carbocycles. The van der Waals surface area contributed by atoms with Crippen LogP contribution in [0.4, 0.5) is 5.69 Å². The van der Waals surface area contributed by atoms with Gasteiger partial charge in [0.15, 0.2) is 0 Å². The molecule has 0 heterocycles. The number of rotatable bonds is 4. The second-order valence-corrected chi connectivity index (χ2v) is 3.48. The summed E-state index contributed by atoms with van der Waals surface area (Å²) in [6.45, 7) is 1.62. The standard InChI is InChI=1S/C10H10ClNO3/c1-7(6-13)9-4-8(5-11)2-3-10(9)12(14)15/h2-4,6-7H,5H2,1H3.